The van der Waals surface area contributed by atoms with E-state index in [0.717, 1.165) is 32.5 Å². The van der Waals surface area contributed by atoms with E-state index in [-0.39, 0.29) is 11.3 Å². The Balaban J connectivity index is 1.87. The Morgan fingerprint density at radius 2 is 2.05 bits per heavy atom. The second kappa shape index (κ2) is 6.13. The molecule has 19 heavy (non-hydrogen) atoms. The van der Waals surface area contributed by atoms with Crippen molar-refractivity contribution in [3.63, 3.8) is 0 Å². The van der Waals surface area contributed by atoms with Crippen molar-refractivity contribution < 1.29 is 11.0 Å². The lowest BCUT2D eigenvalue weighted by atomic mass is 9.80. The highest BCUT2D eigenvalue weighted by atomic mass is 32.2. The lowest BCUT2D eigenvalue weighted by Crippen LogP contribution is -2.52. The van der Waals surface area contributed by atoms with E-state index in [2.05, 4.69) is 11.2 Å². The maximum atomic E-state index is 12.1. The third kappa shape index (κ3) is 3.63. The fourth-order valence-electron chi connectivity index (χ4n) is 2.77. The highest BCUT2D eigenvalue weighted by Crippen LogP contribution is 2.32. The van der Waals surface area contributed by atoms with Crippen molar-refractivity contribution in [3.8, 4) is 0 Å². The van der Waals surface area contributed by atoms with E-state index in [1.54, 1.807) is 16.8 Å². The highest BCUT2D eigenvalue weighted by molar-refractivity contribution is 7.96. The first-order valence-electron chi connectivity index (χ1n) is 7.26. The number of hydrogen-bond donors (Lipinski definition) is 0. The summed E-state index contributed by atoms with van der Waals surface area (Å²) in [5.74, 6) is 0.200. The number of amides is 2. The van der Waals surface area contributed by atoms with Crippen LogP contribution in [0.5, 0.6) is 0 Å². The van der Waals surface area contributed by atoms with Gasteiger partial charge in [0.2, 0.25) is 12.3 Å². The molecule has 0 aromatic rings. The predicted octanol–water partition coefficient (Wildman–Crippen LogP) is 0.667. The van der Waals surface area contributed by atoms with Crippen molar-refractivity contribution in [3.05, 3.63) is 0 Å². The van der Waals surface area contributed by atoms with E-state index in [0.29, 0.717) is 19.6 Å². The molecule has 2 rings (SSSR count). The summed E-state index contributed by atoms with van der Waals surface area (Å²) in [6, 6.07) is 0. The number of nitrogens with zero attached hydrogens (tertiary/aromatic N) is 3. The van der Waals surface area contributed by atoms with Crippen LogP contribution in [0, 0.1) is 5.41 Å². The molecule has 0 unspecified atom stereocenters. The quantitative estimate of drug-likeness (QED) is 0.565. The van der Waals surface area contributed by atoms with E-state index < -0.39 is 6.39 Å². The number of piperidine rings is 1. The minimum atomic E-state index is -0.586. The van der Waals surface area contributed by atoms with E-state index in [9.17, 15) is 9.59 Å². The largest absolute Gasteiger partial charge is 0.345 e. The smallest absolute Gasteiger partial charge is 0.237 e. The monoisotopic (exact) mass is 287 g/mol. The van der Waals surface area contributed by atoms with Crippen LogP contribution in [-0.4, -0.2) is 71.9 Å². The SMILES string of the molecule is [3H]C(=O)N1CCC(C)(CN2CCN(SC)CC2=O)CC1. The summed E-state index contributed by atoms with van der Waals surface area (Å²) in [6.07, 6.45) is 3.15. The van der Waals surface area contributed by atoms with Crippen LogP contribution >= 0.6 is 11.9 Å². The van der Waals surface area contributed by atoms with E-state index in [1.807, 2.05) is 11.2 Å². The number of carbonyl (C=O) groups is 2. The molecule has 0 aliphatic carbocycles. The number of likely N-dealkylation sites (tertiary alicyclic amines) is 1. The van der Waals surface area contributed by atoms with Gasteiger partial charge in [0.05, 0.1) is 6.54 Å². The van der Waals surface area contributed by atoms with Crippen molar-refractivity contribution in [2.45, 2.75) is 19.8 Å². The molecule has 2 amide bonds. The molecule has 0 bridgehead atoms. The van der Waals surface area contributed by atoms with Gasteiger partial charge in [0, 0.05) is 32.7 Å². The Bertz CT molecular complexity index is 386. The number of rotatable bonds is 3. The molecule has 108 valence electrons. The maximum absolute atomic E-state index is 12.1. The van der Waals surface area contributed by atoms with Crippen LogP contribution in [0.3, 0.4) is 0 Å². The summed E-state index contributed by atoms with van der Waals surface area (Å²) in [4.78, 5) is 26.7. The van der Waals surface area contributed by atoms with Gasteiger partial charge in [0.25, 0.3) is 0 Å². The molecule has 0 saturated carbocycles. The molecular weight excluding hydrogens is 262 g/mol. The first-order valence-corrected chi connectivity index (χ1v) is 7.94. The average Bonchev–Trinajstić information content (AvgIpc) is 2.41. The van der Waals surface area contributed by atoms with Crippen molar-refractivity contribution in [1.82, 2.24) is 14.1 Å². The van der Waals surface area contributed by atoms with Crippen LogP contribution in [0.1, 0.15) is 21.1 Å². The van der Waals surface area contributed by atoms with Gasteiger partial charge in [0.1, 0.15) is 1.37 Å². The van der Waals surface area contributed by atoms with E-state index in [4.69, 9.17) is 1.37 Å². The Morgan fingerprint density at radius 3 is 2.58 bits per heavy atom. The summed E-state index contributed by atoms with van der Waals surface area (Å²) in [5, 5.41) is 0. The van der Waals surface area contributed by atoms with E-state index >= 15 is 0 Å². The second-order valence-electron chi connectivity index (χ2n) is 5.75. The summed E-state index contributed by atoms with van der Waals surface area (Å²) in [7, 11) is 0. The van der Waals surface area contributed by atoms with Crippen molar-refractivity contribution in [2.24, 2.45) is 5.41 Å². The molecule has 2 heterocycles. The molecule has 0 atom stereocenters. The lowest BCUT2D eigenvalue weighted by molar-refractivity contribution is -0.136. The van der Waals surface area contributed by atoms with Crippen molar-refractivity contribution >= 4 is 24.2 Å². The molecule has 2 aliphatic rings. The molecule has 2 saturated heterocycles. The van der Waals surface area contributed by atoms with Crippen LogP contribution < -0.4 is 0 Å². The first-order chi connectivity index (χ1) is 9.43. The van der Waals surface area contributed by atoms with Gasteiger partial charge in [0.15, 0.2) is 0 Å². The minimum absolute atomic E-state index is 0.0726. The Labute approximate surface area is 120 Å². The van der Waals surface area contributed by atoms with Gasteiger partial charge in [-0.25, -0.2) is 4.31 Å². The summed E-state index contributed by atoms with van der Waals surface area (Å²) >= 11 is 1.62. The Hall–Kier alpha value is -0.750. The van der Waals surface area contributed by atoms with Crippen LogP contribution in [0.15, 0.2) is 0 Å². The molecule has 0 spiro atoms. The van der Waals surface area contributed by atoms with Gasteiger partial charge < -0.3 is 9.80 Å². The molecule has 2 aliphatic heterocycles. The zero-order valence-corrected chi connectivity index (χ0v) is 12.5. The van der Waals surface area contributed by atoms with Gasteiger partial charge in [-0.15, -0.1) is 0 Å². The van der Waals surface area contributed by atoms with Gasteiger partial charge >= 0.3 is 0 Å². The number of hydrogen-bond acceptors (Lipinski definition) is 4. The summed E-state index contributed by atoms with van der Waals surface area (Å²) < 4.78 is 9.23. The molecule has 0 aromatic heterocycles. The van der Waals surface area contributed by atoms with Crippen LogP contribution in [0.25, 0.3) is 0 Å². The highest BCUT2D eigenvalue weighted by Gasteiger charge is 2.34. The zero-order valence-electron chi connectivity index (χ0n) is 12.7. The van der Waals surface area contributed by atoms with Crippen molar-refractivity contribution in [2.75, 3.05) is 45.5 Å². The van der Waals surface area contributed by atoms with Crippen molar-refractivity contribution in [1.29, 1.82) is 0 Å². The fraction of sp³-hybridized carbons (Fsp3) is 0.846. The average molecular weight is 287 g/mol. The third-order valence-corrected chi connectivity index (χ3v) is 5.04. The van der Waals surface area contributed by atoms with Crippen LogP contribution in [-0.2, 0) is 9.59 Å². The third-order valence-electron chi connectivity index (χ3n) is 4.21. The molecular formula is C13H23N3O2S. The number of carbonyl (C=O) groups excluding carboxylic acids is 2. The molecule has 5 nitrogen and oxygen atoms in total. The lowest BCUT2D eigenvalue weighted by Gasteiger charge is -2.43. The molecule has 0 aromatic carbocycles. The topological polar surface area (TPSA) is 43.9 Å². The first kappa shape index (κ1) is 13.2. The maximum Gasteiger partial charge on any atom is 0.237 e. The van der Waals surface area contributed by atoms with Gasteiger partial charge in [-0.05, 0) is 24.5 Å². The van der Waals surface area contributed by atoms with Crippen LogP contribution in [0.4, 0.5) is 0 Å². The van der Waals surface area contributed by atoms with Gasteiger partial charge in [-0.2, -0.15) is 0 Å². The molecule has 2 fully saturated rings. The number of piperazine rings is 1. The second-order valence-corrected chi connectivity index (χ2v) is 6.63. The van der Waals surface area contributed by atoms with Gasteiger partial charge in [-0.3, -0.25) is 9.59 Å². The minimum Gasteiger partial charge on any atom is -0.345 e. The fourth-order valence-corrected chi connectivity index (χ4v) is 3.27. The predicted molar refractivity (Wildman–Crippen MR) is 76.6 cm³/mol. The molecule has 0 N–H and O–H groups in total. The van der Waals surface area contributed by atoms with E-state index in [1.165, 1.54) is 0 Å². The standard InChI is InChI=1S/C13H23N3O2S/c1-13(3-5-14(11-17)6-4-13)10-15-7-8-16(19-2)9-12(15)18/h11H,3-10H2,1-2H3/i11T. The Morgan fingerprint density at radius 1 is 1.37 bits per heavy atom. The van der Waals surface area contributed by atoms with Gasteiger partial charge in [-0.1, -0.05) is 18.9 Å². The summed E-state index contributed by atoms with van der Waals surface area (Å²) in [6.45, 7) is 6.43. The zero-order chi connectivity index (χ0) is 14.8. The Kier molecular flexibility index (Phi) is 4.28. The van der Waals surface area contributed by atoms with Crippen LogP contribution in [0.2, 0.25) is 0 Å². The summed E-state index contributed by atoms with van der Waals surface area (Å²) in [5.41, 5.74) is 0.0726. The normalized spacial score (nSPS) is 25.4. The molecule has 0 radical (unpaired) electrons. The molecule has 6 heteroatoms.